The number of hydrogen-bond acceptors (Lipinski definition) is 3. The van der Waals surface area contributed by atoms with Gasteiger partial charge in [0.05, 0.1) is 16.7 Å². The first kappa shape index (κ1) is 14.6. The summed E-state index contributed by atoms with van der Waals surface area (Å²) in [5.41, 5.74) is 4.55. The Morgan fingerprint density at radius 3 is 2.59 bits per heavy atom. The molecule has 0 saturated carbocycles. The van der Waals surface area contributed by atoms with Crippen molar-refractivity contribution in [1.29, 1.82) is 0 Å². The third kappa shape index (κ3) is 1.60. The lowest BCUT2D eigenvalue weighted by molar-refractivity contribution is -0.122. The average Bonchev–Trinajstić information content (AvgIpc) is 3.20. The third-order valence-corrected chi connectivity index (χ3v) is 5.65. The summed E-state index contributed by atoms with van der Waals surface area (Å²) in [6.45, 7) is 0. The lowest BCUT2D eigenvalue weighted by Crippen LogP contribution is -2.52. The van der Waals surface area contributed by atoms with Crippen molar-refractivity contribution in [1.82, 2.24) is 9.55 Å². The number of anilines is 2. The van der Waals surface area contributed by atoms with Gasteiger partial charge in [-0.3, -0.25) is 9.36 Å². The summed E-state index contributed by atoms with van der Waals surface area (Å²) in [6.07, 6.45) is 0. The lowest BCUT2D eigenvalue weighted by atomic mass is 9.95. The molecule has 2 aliphatic heterocycles. The van der Waals surface area contributed by atoms with Crippen molar-refractivity contribution >= 4 is 28.3 Å². The first-order valence-corrected chi connectivity index (χ1v) is 8.95. The van der Waals surface area contributed by atoms with Crippen LogP contribution in [0.3, 0.4) is 0 Å². The number of nitrogens with zero attached hydrogens (tertiary/aromatic N) is 3. The minimum atomic E-state index is -1.04. The summed E-state index contributed by atoms with van der Waals surface area (Å²) in [7, 11) is 1.83. The van der Waals surface area contributed by atoms with E-state index in [9.17, 15) is 4.79 Å². The molecule has 27 heavy (non-hydrogen) atoms. The summed E-state index contributed by atoms with van der Waals surface area (Å²) in [5, 5.41) is 3.57. The summed E-state index contributed by atoms with van der Waals surface area (Å²) >= 11 is 0. The van der Waals surface area contributed by atoms with Gasteiger partial charge in [-0.1, -0.05) is 42.5 Å². The molecule has 0 fully saturated rings. The van der Waals surface area contributed by atoms with Crippen LogP contribution in [0.15, 0.2) is 72.8 Å². The molecular formula is C22H16N4O. The zero-order chi connectivity index (χ0) is 18.2. The van der Waals surface area contributed by atoms with Crippen LogP contribution in [0.25, 0.3) is 22.4 Å². The second kappa shape index (κ2) is 4.76. The highest BCUT2D eigenvalue weighted by molar-refractivity contribution is 6.11. The number of carbonyl (C=O) groups excluding carboxylic acids is 1. The summed E-state index contributed by atoms with van der Waals surface area (Å²) < 4.78 is 2.06. The molecule has 1 aromatic heterocycles. The molecule has 0 aliphatic carbocycles. The first-order chi connectivity index (χ1) is 13.2. The van der Waals surface area contributed by atoms with Crippen molar-refractivity contribution in [3.63, 3.8) is 0 Å². The van der Waals surface area contributed by atoms with Gasteiger partial charge in [0.25, 0.3) is 5.91 Å². The van der Waals surface area contributed by atoms with Crippen LogP contribution in [-0.4, -0.2) is 22.5 Å². The Bertz CT molecular complexity index is 1260. The van der Waals surface area contributed by atoms with Crippen molar-refractivity contribution in [2.24, 2.45) is 0 Å². The number of imidazole rings is 1. The maximum atomic E-state index is 13.7. The van der Waals surface area contributed by atoms with Crippen LogP contribution in [0, 0.1) is 0 Å². The topological polar surface area (TPSA) is 50.2 Å². The predicted octanol–water partition coefficient (Wildman–Crippen LogP) is 3.81. The fraction of sp³-hybridized carbons (Fsp3) is 0.0909. The van der Waals surface area contributed by atoms with Crippen LogP contribution in [0.4, 0.5) is 11.4 Å². The molecule has 0 saturated heterocycles. The first-order valence-electron chi connectivity index (χ1n) is 8.95. The van der Waals surface area contributed by atoms with Crippen LogP contribution in [0.5, 0.6) is 0 Å². The van der Waals surface area contributed by atoms with Crippen LogP contribution >= 0.6 is 0 Å². The standard InChI is InChI=1S/C22H16N4O/c1-25-18-12-6-3-9-15(18)22(21(25)27)24-16-10-4-2-8-14(16)20-23-17-11-5-7-13-19(17)26(20)22/h2-13,24H,1H3/t22-/m1/s1. The van der Waals surface area contributed by atoms with E-state index in [0.29, 0.717) is 0 Å². The Morgan fingerprint density at radius 1 is 0.926 bits per heavy atom. The van der Waals surface area contributed by atoms with Gasteiger partial charge in [-0.15, -0.1) is 0 Å². The van der Waals surface area contributed by atoms with Gasteiger partial charge in [0.15, 0.2) is 0 Å². The largest absolute Gasteiger partial charge is 0.350 e. The van der Waals surface area contributed by atoms with E-state index in [4.69, 9.17) is 4.98 Å². The Morgan fingerprint density at radius 2 is 1.67 bits per heavy atom. The van der Waals surface area contributed by atoms with E-state index in [0.717, 1.165) is 39.4 Å². The van der Waals surface area contributed by atoms with E-state index in [-0.39, 0.29) is 5.91 Å². The van der Waals surface area contributed by atoms with Gasteiger partial charge in [0, 0.05) is 23.9 Å². The molecule has 1 spiro atoms. The summed E-state index contributed by atoms with van der Waals surface area (Å²) in [4.78, 5) is 20.3. The molecule has 3 aromatic carbocycles. The fourth-order valence-electron chi connectivity index (χ4n) is 4.46. The Hall–Kier alpha value is -3.60. The second-order valence-electron chi connectivity index (χ2n) is 7.02. The van der Waals surface area contributed by atoms with Crippen LogP contribution in [0.1, 0.15) is 5.56 Å². The van der Waals surface area contributed by atoms with Gasteiger partial charge in [-0.2, -0.15) is 0 Å². The Balaban J connectivity index is 1.81. The molecule has 2 aliphatic rings. The number of para-hydroxylation sites is 4. The molecule has 0 radical (unpaired) electrons. The molecule has 4 aromatic rings. The Kier molecular flexibility index (Phi) is 2.57. The van der Waals surface area contributed by atoms with E-state index in [1.54, 1.807) is 4.90 Å². The number of aromatic nitrogens is 2. The number of fused-ring (bicyclic) bond motifs is 8. The fourth-order valence-corrected chi connectivity index (χ4v) is 4.46. The van der Waals surface area contributed by atoms with Gasteiger partial charge in [-0.05, 0) is 30.3 Å². The van der Waals surface area contributed by atoms with Crippen molar-refractivity contribution in [3.05, 3.63) is 78.4 Å². The van der Waals surface area contributed by atoms with Crippen molar-refractivity contribution in [2.45, 2.75) is 5.66 Å². The number of hydrogen-bond donors (Lipinski definition) is 1. The number of nitrogens with one attached hydrogen (secondary N) is 1. The van der Waals surface area contributed by atoms with Crippen molar-refractivity contribution < 1.29 is 4.79 Å². The molecule has 1 amide bonds. The highest BCUT2D eigenvalue weighted by Crippen LogP contribution is 2.50. The zero-order valence-electron chi connectivity index (χ0n) is 14.7. The zero-order valence-corrected chi connectivity index (χ0v) is 14.7. The normalized spacial score (nSPS) is 19.7. The lowest BCUT2D eigenvalue weighted by Gasteiger charge is -2.38. The van der Waals surface area contributed by atoms with E-state index in [1.807, 2.05) is 79.8 Å². The summed E-state index contributed by atoms with van der Waals surface area (Å²) in [5.74, 6) is 0.798. The average molecular weight is 352 g/mol. The predicted molar refractivity (Wildman–Crippen MR) is 106 cm³/mol. The third-order valence-electron chi connectivity index (χ3n) is 5.65. The highest BCUT2D eigenvalue weighted by atomic mass is 16.2. The quantitative estimate of drug-likeness (QED) is 0.524. The smallest absolute Gasteiger partial charge is 0.278 e. The van der Waals surface area contributed by atoms with E-state index in [1.165, 1.54) is 0 Å². The second-order valence-corrected chi connectivity index (χ2v) is 7.02. The van der Waals surface area contributed by atoms with Gasteiger partial charge in [-0.25, -0.2) is 4.98 Å². The SMILES string of the molecule is CN1C(=O)[C@@]2(Nc3ccccc3-c3nc4ccccc4n32)c2ccccc21. The van der Waals surface area contributed by atoms with Crippen LogP contribution in [-0.2, 0) is 10.5 Å². The van der Waals surface area contributed by atoms with Crippen LogP contribution < -0.4 is 10.2 Å². The number of rotatable bonds is 0. The molecule has 3 heterocycles. The van der Waals surface area contributed by atoms with Gasteiger partial charge < -0.3 is 10.2 Å². The van der Waals surface area contributed by atoms with Gasteiger partial charge in [0.2, 0.25) is 5.66 Å². The minimum absolute atomic E-state index is 0.0115. The highest BCUT2D eigenvalue weighted by Gasteiger charge is 2.55. The molecular weight excluding hydrogens is 336 g/mol. The van der Waals surface area contributed by atoms with Crippen molar-refractivity contribution in [3.8, 4) is 11.4 Å². The van der Waals surface area contributed by atoms with Crippen molar-refractivity contribution in [2.75, 3.05) is 17.3 Å². The van der Waals surface area contributed by atoms with Crippen LogP contribution in [0.2, 0.25) is 0 Å². The monoisotopic (exact) mass is 352 g/mol. The maximum absolute atomic E-state index is 13.7. The molecule has 0 bridgehead atoms. The van der Waals surface area contributed by atoms with Gasteiger partial charge >= 0.3 is 0 Å². The molecule has 0 unspecified atom stereocenters. The number of carbonyl (C=O) groups is 1. The molecule has 130 valence electrons. The minimum Gasteiger partial charge on any atom is -0.350 e. The molecule has 6 rings (SSSR count). The summed E-state index contributed by atoms with van der Waals surface area (Å²) in [6, 6.07) is 24.0. The number of amides is 1. The van der Waals surface area contributed by atoms with E-state index >= 15 is 0 Å². The Labute approximate surface area is 155 Å². The molecule has 5 heteroatoms. The van der Waals surface area contributed by atoms with E-state index in [2.05, 4.69) is 9.88 Å². The molecule has 1 atom stereocenters. The number of benzene rings is 3. The number of likely N-dealkylation sites (N-methyl/N-ethyl adjacent to an activating group) is 1. The molecule has 1 N–H and O–H groups in total. The van der Waals surface area contributed by atoms with E-state index < -0.39 is 5.66 Å². The molecule has 5 nitrogen and oxygen atoms in total. The maximum Gasteiger partial charge on any atom is 0.278 e. The van der Waals surface area contributed by atoms with Gasteiger partial charge in [0.1, 0.15) is 5.82 Å².